The zero-order valence-electron chi connectivity index (χ0n) is 13.6. The van der Waals surface area contributed by atoms with E-state index in [1.165, 1.54) is 31.2 Å². The molecule has 122 valence electrons. The maximum atomic E-state index is 5.16. The molecule has 0 radical (unpaired) electrons. The van der Waals surface area contributed by atoms with Gasteiger partial charge in [0.15, 0.2) is 0 Å². The van der Waals surface area contributed by atoms with Crippen molar-refractivity contribution in [2.75, 3.05) is 18.0 Å². The van der Waals surface area contributed by atoms with Crippen molar-refractivity contribution in [3.63, 3.8) is 0 Å². The van der Waals surface area contributed by atoms with E-state index in [2.05, 4.69) is 24.9 Å². The van der Waals surface area contributed by atoms with Gasteiger partial charge in [0, 0.05) is 43.5 Å². The molecule has 3 heterocycles. The first kappa shape index (κ1) is 14.6. The van der Waals surface area contributed by atoms with Gasteiger partial charge in [0.05, 0.1) is 6.20 Å². The maximum absolute atomic E-state index is 5.16. The Morgan fingerprint density at radius 2 is 2.00 bits per heavy atom. The third-order valence-corrected chi connectivity index (χ3v) is 4.97. The zero-order valence-corrected chi connectivity index (χ0v) is 13.6. The van der Waals surface area contributed by atoms with Gasteiger partial charge in [-0.3, -0.25) is 4.90 Å². The second-order valence-corrected chi connectivity index (χ2v) is 6.62. The van der Waals surface area contributed by atoms with Gasteiger partial charge >= 0.3 is 0 Å². The highest BCUT2D eigenvalue weighted by Gasteiger charge is 2.36. The quantitative estimate of drug-likeness (QED) is 0.845. The molecule has 0 atom stereocenters. The molecule has 0 bridgehead atoms. The first-order valence-electron chi connectivity index (χ1n) is 8.48. The number of anilines is 1. The van der Waals surface area contributed by atoms with Crippen LogP contribution in [0.3, 0.4) is 0 Å². The van der Waals surface area contributed by atoms with Crippen molar-refractivity contribution in [3.8, 4) is 0 Å². The van der Waals surface area contributed by atoms with Crippen molar-refractivity contribution in [3.05, 3.63) is 36.1 Å². The van der Waals surface area contributed by atoms with E-state index in [0.717, 1.165) is 31.2 Å². The minimum Gasteiger partial charge on any atom is -0.361 e. The molecule has 4 rings (SSSR count). The molecule has 23 heavy (non-hydrogen) atoms. The van der Waals surface area contributed by atoms with Crippen LogP contribution in [0.5, 0.6) is 0 Å². The van der Waals surface area contributed by atoms with E-state index in [1.807, 2.05) is 25.4 Å². The number of likely N-dealkylation sites (tertiary alicyclic amines) is 1. The molecular weight excluding hydrogens is 290 g/mol. The lowest BCUT2D eigenvalue weighted by Gasteiger charge is -2.39. The van der Waals surface area contributed by atoms with Crippen molar-refractivity contribution in [2.45, 2.75) is 51.2 Å². The van der Waals surface area contributed by atoms with Gasteiger partial charge in [-0.1, -0.05) is 5.16 Å². The summed E-state index contributed by atoms with van der Waals surface area (Å²) in [5, 5.41) is 3.88. The highest BCUT2D eigenvalue weighted by Crippen LogP contribution is 2.35. The largest absolute Gasteiger partial charge is 0.361 e. The lowest BCUT2D eigenvalue weighted by Crippen LogP contribution is -2.46. The summed E-state index contributed by atoms with van der Waals surface area (Å²) in [6.07, 6.45) is 10.3. The van der Waals surface area contributed by atoms with Crippen molar-refractivity contribution < 1.29 is 4.52 Å². The molecule has 0 N–H and O–H groups in total. The molecule has 1 saturated heterocycles. The second-order valence-electron chi connectivity index (χ2n) is 6.62. The predicted octanol–water partition coefficient (Wildman–Crippen LogP) is 2.41. The molecule has 1 aliphatic carbocycles. The van der Waals surface area contributed by atoms with Crippen LogP contribution in [-0.2, 0) is 6.54 Å². The van der Waals surface area contributed by atoms with Crippen LogP contribution in [0, 0.1) is 6.92 Å². The van der Waals surface area contributed by atoms with Gasteiger partial charge in [0.2, 0.25) is 0 Å². The fraction of sp³-hybridized carbons (Fsp3) is 0.588. The predicted molar refractivity (Wildman–Crippen MR) is 87.1 cm³/mol. The van der Waals surface area contributed by atoms with Crippen LogP contribution in [0.2, 0.25) is 0 Å². The Morgan fingerprint density at radius 1 is 1.22 bits per heavy atom. The highest BCUT2D eigenvalue weighted by molar-refractivity contribution is 5.41. The third-order valence-electron chi connectivity index (χ3n) is 4.97. The Bertz CT molecular complexity index is 631. The van der Waals surface area contributed by atoms with Gasteiger partial charge in [0.25, 0.3) is 0 Å². The SMILES string of the molecule is Cc1oncc1CN1CCC(N(c2ccncn2)C2CC2)CC1. The molecule has 0 unspecified atom stereocenters. The topological polar surface area (TPSA) is 58.3 Å². The third kappa shape index (κ3) is 3.22. The molecule has 6 heteroatoms. The molecule has 0 amide bonds. The molecule has 2 aromatic heterocycles. The summed E-state index contributed by atoms with van der Waals surface area (Å²) < 4.78 is 5.16. The van der Waals surface area contributed by atoms with Crippen LogP contribution < -0.4 is 4.90 Å². The Kier molecular flexibility index (Phi) is 3.99. The molecule has 2 fully saturated rings. The molecule has 2 aromatic rings. The van der Waals surface area contributed by atoms with Gasteiger partial charge in [0.1, 0.15) is 17.9 Å². The summed E-state index contributed by atoms with van der Waals surface area (Å²) in [4.78, 5) is 13.6. The lowest BCUT2D eigenvalue weighted by atomic mass is 10.0. The number of piperidine rings is 1. The molecule has 1 aliphatic heterocycles. The lowest BCUT2D eigenvalue weighted by molar-refractivity contribution is 0.199. The standard InChI is InChI=1S/C17H23N5O/c1-13-14(10-20-23-13)11-21-8-5-16(6-9-21)22(15-2-3-15)17-4-7-18-12-19-17/h4,7,10,12,15-16H,2-3,5-6,8-9,11H2,1H3. The van der Waals surface area contributed by atoms with Crippen LogP contribution >= 0.6 is 0 Å². The first-order chi connectivity index (χ1) is 11.3. The van der Waals surface area contributed by atoms with E-state index in [4.69, 9.17) is 4.52 Å². The summed E-state index contributed by atoms with van der Waals surface area (Å²) in [6.45, 7) is 5.16. The van der Waals surface area contributed by atoms with E-state index in [9.17, 15) is 0 Å². The Hall–Kier alpha value is -1.95. The Labute approximate surface area is 136 Å². The second kappa shape index (κ2) is 6.28. The monoisotopic (exact) mass is 313 g/mol. The van der Waals surface area contributed by atoms with E-state index in [-0.39, 0.29) is 0 Å². The summed E-state index contributed by atoms with van der Waals surface area (Å²) in [7, 11) is 0. The smallest absolute Gasteiger partial charge is 0.138 e. The van der Waals surface area contributed by atoms with Crippen LogP contribution in [0.1, 0.15) is 37.0 Å². The molecular formula is C17H23N5O. The van der Waals surface area contributed by atoms with Crippen LogP contribution in [0.4, 0.5) is 5.82 Å². The van der Waals surface area contributed by atoms with Crippen LogP contribution in [0.25, 0.3) is 0 Å². The summed E-state index contributed by atoms with van der Waals surface area (Å²) in [5.41, 5.74) is 1.21. The average molecular weight is 313 g/mol. The van der Waals surface area contributed by atoms with Gasteiger partial charge in [-0.15, -0.1) is 0 Å². The van der Waals surface area contributed by atoms with E-state index < -0.39 is 0 Å². The summed E-state index contributed by atoms with van der Waals surface area (Å²) in [6, 6.07) is 3.32. The summed E-state index contributed by atoms with van der Waals surface area (Å²) in [5.74, 6) is 2.03. The number of aromatic nitrogens is 3. The maximum Gasteiger partial charge on any atom is 0.138 e. The van der Waals surface area contributed by atoms with Gasteiger partial charge in [-0.25, -0.2) is 9.97 Å². The number of nitrogens with zero attached hydrogens (tertiary/aromatic N) is 5. The van der Waals surface area contributed by atoms with Crippen molar-refractivity contribution in [1.29, 1.82) is 0 Å². The van der Waals surface area contributed by atoms with Gasteiger partial charge in [-0.2, -0.15) is 0 Å². The normalized spacial score (nSPS) is 19.9. The summed E-state index contributed by atoms with van der Waals surface area (Å²) >= 11 is 0. The molecule has 2 aliphatic rings. The molecule has 6 nitrogen and oxygen atoms in total. The zero-order chi connectivity index (χ0) is 15.6. The van der Waals surface area contributed by atoms with Gasteiger partial charge in [-0.05, 0) is 38.7 Å². The number of hydrogen-bond acceptors (Lipinski definition) is 6. The fourth-order valence-corrected chi connectivity index (χ4v) is 3.53. The van der Waals surface area contributed by atoms with E-state index >= 15 is 0 Å². The number of aryl methyl sites for hydroxylation is 1. The number of hydrogen-bond donors (Lipinski definition) is 0. The van der Waals surface area contributed by atoms with Crippen LogP contribution in [0.15, 0.2) is 29.3 Å². The van der Waals surface area contributed by atoms with Crippen molar-refractivity contribution in [1.82, 2.24) is 20.0 Å². The molecule has 0 spiro atoms. The van der Waals surface area contributed by atoms with E-state index in [1.54, 1.807) is 6.33 Å². The fourth-order valence-electron chi connectivity index (χ4n) is 3.53. The number of rotatable bonds is 5. The van der Waals surface area contributed by atoms with Gasteiger partial charge < -0.3 is 9.42 Å². The first-order valence-corrected chi connectivity index (χ1v) is 8.48. The van der Waals surface area contributed by atoms with Crippen LogP contribution in [-0.4, -0.2) is 45.2 Å². The van der Waals surface area contributed by atoms with E-state index in [0.29, 0.717) is 12.1 Å². The minimum absolute atomic E-state index is 0.595. The Balaban J connectivity index is 1.39. The van der Waals surface area contributed by atoms with Crippen molar-refractivity contribution in [2.24, 2.45) is 0 Å². The average Bonchev–Trinajstić information content (AvgIpc) is 3.34. The minimum atomic E-state index is 0.595. The molecule has 1 saturated carbocycles. The van der Waals surface area contributed by atoms with Crippen molar-refractivity contribution >= 4 is 5.82 Å². The molecule has 0 aromatic carbocycles. The highest BCUT2D eigenvalue weighted by atomic mass is 16.5. The Morgan fingerprint density at radius 3 is 2.61 bits per heavy atom.